The fourth-order valence-electron chi connectivity index (χ4n) is 1.60. The van der Waals surface area contributed by atoms with E-state index in [4.69, 9.17) is 10.3 Å². The SMILES string of the molecule is CN(C)CC(N)c1noc(-c2cccc(F)c2)n1. The van der Waals surface area contributed by atoms with Crippen LogP contribution < -0.4 is 5.73 Å². The lowest BCUT2D eigenvalue weighted by molar-refractivity contribution is 0.357. The van der Waals surface area contributed by atoms with Gasteiger partial charge in [0.15, 0.2) is 5.82 Å². The summed E-state index contributed by atoms with van der Waals surface area (Å²) in [6, 6.07) is 5.67. The van der Waals surface area contributed by atoms with Gasteiger partial charge in [0.05, 0.1) is 6.04 Å². The number of nitrogens with zero attached hydrogens (tertiary/aromatic N) is 3. The van der Waals surface area contributed by atoms with Crippen LogP contribution in [0.2, 0.25) is 0 Å². The van der Waals surface area contributed by atoms with Crippen LogP contribution >= 0.6 is 0 Å². The predicted octanol–water partition coefficient (Wildman–Crippen LogP) is 1.44. The van der Waals surface area contributed by atoms with Crippen LogP contribution in [-0.2, 0) is 0 Å². The van der Waals surface area contributed by atoms with Gasteiger partial charge in [0.25, 0.3) is 5.89 Å². The molecule has 0 spiro atoms. The van der Waals surface area contributed by atoms with Gasteiger partial charge in [0.1, 0.15) is 5.82 Å². The van der Waals surface area contributed by atoms with Crippen molar-refractivity contribution in [2.45, 2.75) is 6.04 Å². The van der Waals surface area contributed by atoms with Gasteiger partial charge < -0.3 is 15.2 Å². The zero-order valence-electron chi connectivity index (χ0n) is 10.3. The Morgan fingerprint density at radius 2 is 2.22 bits per heavy atom. The second kappa shape index (κ2) is 5.24. The Morgan fingerprint density at radius 3 is 2.89 bits per heavy atom. The lowest BCUT2D eigenvalue weighted by Gasteiger charge is -2.12. The quantitative estimate of drug-likeness (QED) is 0.889. The molecule has 0 saturated heterocycles. The van der Waals surface area contributed by atoms with E-state index in [0.717, 1.165) is 0 Å². The Kier molecular flexibility index (Phi) is 3.69. The molecule has 2 N–H and O–H groups in total. The van der Waals surface area contributed by atoms with E-state index >= 15 is 0 Å². The molecule has 0 aliphatic rings. The first kappa shape index (κ1) is 12.7. The van der Waals surface area contributed by atoms with Gasteiger partial charge in [-0.05, 0) is 32.3 Å². The number of nitrogens with two attached hydrogens (primary N) is 1. The lowest BCUT2D eigenvalue weighted by Crippen LogP contribution is -2.26. The van der Waals surface area contributed by atoms with Gasteiger partial charge in [-0.25, -0.2) is 4.39 Å². The van der Waals surface area contributed by atoms with Crippen LogP contribution in [0.3, 0.4) is 0 Å². The maximum Gasteiger partial charge on any atom is 0.258 e. The second-order valence-corrected chi connectivity index (χ2v) is 4.34. The molecular formula is C12H15FN4O. The summed E-state index contributed by atoms with van der Waals surface area (Å²) in [4.78, 5) is 6.11. The molecule has 18 heavy (non-hydrogen) atoms. The Bertz CT molecular complexity index is 526. The van der Waals surface area contributed by atoms with E-state index in [1.807, 2.05) is 19.0 Å². The summed E-state index contributed by atoms with van der Waals surface area (Å²) < 4.78 is 18.2. The minimum atomic E-state index is -0.343. The highest BCUT2D eigenvalue weighted by atomic mass is 19.1. The van der Waals surface area contributed by atoms with Gasteiger partial charge in [0.2, 0.25) is 0 Å². The van der Waals surface area contributed by atoms with Crippen molar-refractivity contribution >= 4 is 0 Å². The minimum absolute atomic E-state index is 0.277. The van der Waals surface area contributed by atoms with Gasteiger partial charge in [-0.15, -0.1) is 0 Å². The lowest BCUT2D eigenvalue weighted by atomic mass is 10.2. The molecule has 0 radical (unpaired) electrons. The number of rotatable bonds is 4. The van der Waals surface area contributed by atoms with Crippen LogP contribution in [0.1, 0.15) is 11.9 Å². The summed E-state index contributed by atoms with van der Waals surface area (Å²) in [6.45, 7) is 0.613. The molecule has 0 aliphatic heterocycles. The van der Waals surface area contributed by atoms with Crippen LogP contribution in [-0.4, -0.2) is 35.7 Å². The molecule has 6 heteroatoms. The molecule has 1 heterocycles. The zero-order chi connectivity index (χ0) is 13.1. The van der Waals surface area contributed by atoms with Crippen molar-refractivity contribution in [1.29, 1.82) is 0 Å². The van der Waals surface area contributed by atoms with Gasteiger partial charge in [-0.3, -0.25) is 0 Å². The van der Waals surface area contributed by atoms with Gasteiger partial charge >= 0.3 is 0 Å². The maximum absolute atomic E-state index is 13.1. The molecule has 1 unspecified atom stereocenters. The molecule has 5 nitrogen and oxygen atoms in total. The van der Waals surface area contributed by atoms with Crippen molar-refractivity contribution in [2.24, 2.45) is 5.73 Å². The molecule has 96 valence electrons. The fraction of sp³-hybridized carbons (Fsp3) is 0.333. The fourth-order valence-corrected chi connectivity index (χ4v) is 1.60. The molecule has 0 bridgehead atoms. The normalized spacial score (nSPS) is 12.9. The van der Waals surface area contributed by atoms with E-state index in [0.29, 0.717) is 17.9 Å². The van der Waals surface area contributed by atoms with Crippen LogP contribution in [0.15, 0.2) is 28.8 Å². The van der Waals surface area contributed by atoms with Crippen LogP contribution in [0.5, 0.6) is 0 Å². The van der Waals surface area contributed by atoms with Crippen molar-refractivity contribution in [1.82, 2.24) is 15.0 Å². The van der Waals surface area contributed by atoms with Crippen LogP contribution in [0, 0.1) is 5.82 Å². The predicted molar refractivity (Wildman–Crippen MR) is 65.2 cm³/mol. The van der Waals surface area contributed by atoms with E-state index in [2.05, 4.69) is 10.1 Å². The van der Waals surface area contributed by atoms with Crippen molar-refractivity contribution in [3.8, 4) is 11.5 Å². The summed E-state index contributed by atoms with van der Waals surface area (Å²) >= 11 is 0. The smallest absolute Gasteiger partial charge is 0.258 e. The molecule has 2 aromatic rings. The highest BCUT2D eigenvalue weighted by Crippen LogP contribution is 2.19. The van der Waals surface area contributed by atoms with E-state index < -0.39 is 0 Å². The molecule has 0 saturated carbocycles. The molecule has 1 aromatic heterocycles. The highest BCUT2D eigenvalue weighted by Gasteiger charge is 2.16. The third-order valence-electron chi connectivity index (χ3n) is 2.41. The van der Waals surface area contributed by atoms with Crippen molar-refractivity contribution in [3.05, 3.63) is 35.9 Å². The van der Waals surface area contributed by atoms with Gasteiger partial charge in [-0.2, -0.15) is 4.98 Å². The standard InChI is InChI=1S/C12H15FN4O/c1-17(2)7-10(14)11-15-12(18-16-11)8-4-3-5-9(13)6-8/h3-6,10H,7,14H2,1-2H3. The first-order valence-electron chi connectivity index (χ1n) is 5.56. The third kappa shape index (κ3) is 2.91. The van der Waals surface area contributed by atoms with E-state index in [-0.39, 0.29) is 17.7 Å². The number of aromatic nitrogens is 2. The van der Waals surface area contributed by atoms with Crippen LogP contribution in [0.4, 0.5) is 4.39 Å². The first-order chi connectivity index (χ1) is 8.56. The number of benzene rings is 1. The monoisotopic (exact) mass is 250 g/mol. The number of likely N-dealkylation sites (N-methyl/N-ethyl adjacent to an activating group) is 1. The molecular weight excluding hydrogens is 235 g/mol. The first-order valence-corrected chi connectivity index (χ1v) is 5.56. The Hall–Kier alpha value is -1.79. The van der Waals surface area contributed by atoms with Crippen molar-refractivity contribution in [2.75, 3.05) is 20.6 Å². The van der Waals surface area contributed by atoms with E-state index in [9.17, 15) is 4.39 Å². The molecule has 2 rings (SSSR count). The van der Waals surface area contributed by atoms with Gasteiger partial charge in [0, 0.05) is 12.1 Å². The molecule has 0 fully saturated rings. The Morgan fingerprint density at radius 1 is 1.44 bits per heavy atom. The Balaban J connectivity index is 2.20. The number of hydrogen-bond donors (Lipinski definition) is 1. The number of halogens is 1. The summed E-state index contributed by atoms with van der Waals surface area (Å²) in [5.41, 5.74) is 6.46. The molecule has 1 aromatic carbocycles. The Labute approximate surface area is 104 Å². The third-order valence-corrected chi connectivity index (χ3v) is 2.41. The van der Waals surface area contributed by atoms with E-state index in [1.54, 1.807) is 12.1 Å². The molecule has 1 atom stereocenters. The molecule has 0 amide bonds. The maximum atomic E-state index is 13.1. The summed E-state index contributed by atoms with van der Waals surface area (Å²) in [7, 11) is 3.82. The average molecular weight is 250 g/mol. The topological polar surface area (TPSA) is 68.2 Å². The summed E-state index contributed by atoms with van der Waals surface area (Å²) in [6.07, 6.45) is 0. The van der Waals surface area contributed by atoms with Crippen molar-refractivity contribution in [3.63, 3.8) is 0 Å². The van der Waals surface area contributed by atoms with Crippen molar-refractivity contribution < 1.29 is 8.91 Å². The van der Waals surface area contributed by atoms with Crippen LogP contribution in [0.25, 0.3) is 11.5 Å². The minimum Gasteiger partial charge on any atom is -0.334 e. The number of hydrogen-bond acceptors (Lipinski definition) is 5. The summed E-state index contributed by atoms with van der Waals surface area (Å²) in [5, 5.41) is 3.81. The largest absolute Gasteiger partial charge is 0.334 e. The highest BCUT2D eigenvalue weighted by molar-refractivity contribution is 5.52. The average Bonchev–Trinajstić information content (AvgIpc) is 2.77. The zero-order valence-corrected chi connectivity index (χ0v) is 10.3. The van der Waals surface area contributed by atoms with Gasteiger partial charge in [-0.1, -0.05) is 11.2 Å². The second-order valence-electron chi connectivity index (χ2n) is 4.34. The summed E-state index contributed by atoms with van der Waals surface area (Å²) in [5.74, 6) is 0.353. The van der Waals surface area contributed by atoms with E-state index in [1.165, 1.54) is 12.1 Å². The molecule has 0 aliphatic carbocycles.